The third kappa shape index (κ3) is 11.6. The van der Waals surface area contributed by atoms with Crippen molar-refractivity contribution < 1.29 is 67.3 Å². The third-order valence-electron chi connectivity index (χ3n) is 13.7. The summed E-state index contributed by atoms with van der Waals surface area (Å²) in [5.74, 6) is 0.0380. The SMILES string of the molecule is C=CCO[C@@]12Oc3ccc(OC(=O)Nc4ccc(OC)cc4OC)cc3[C@H]3[C@H](CCCCO)[C@@H](CCCCO)C=C(C(=NOC)C[C@@H]1N(Cc1ccc4c(c1)OCO4)C(=O)OCCOCc1ccccc1)[C@H]32. The van der Waals surface area contributed by atoms with Crippen molar-refractivity contribution >= 4 is 23.6 Å². The first-order valence-corrected chi connectivity index (χ1v) is 24.5. The van der Waals surface area contributed by atoms with Crippen molar-refractivity contribution in [1.29, 1.82) is 0 Å². The molecule has 0 aromatic heterocycles. The predicted octanol–water partition coefficient (Wildman–Crippen LogP) is 9.16. The maximum atomic E-state index is 15.0. The first kappa shape index (κ1) is 51.6. The van der Waals surface area contributed by atoms with E-state index in [0.717, 1.165) is 35.1 Å². The standard InChI is InChI=1S/C55H65N3O14/c1-5-25-70-55-50(58(33-37-17-21-47-49(28-37)69-35-68-47)54(62)67-27-26-66-34-36-13-7-6-8-14-36)32-45(57-65-4)42-29-38(15-9-11-23-59)41(16-10-12-24-60)51(52(42)55)43-30-40(19-22-46(43)72-55)71-53(61)56-44-20-18-39(63-2)31-48(44)64-3/h5-8,13-14,17-22,28-31,38,41,50-52,59-60H,1,9-12,15-16,23-27,32-35H2,2-4H3,(H,56,61)/t38-,41+,50-,51+,52+,55+/m0/s1. The average molecular weight is 992 g/mol. The molecule has 0 radical (unpaired) electrons. The van der Waals surface area contributed by atoms with E-state index >= 15 is 4.79 Å². The van der Waals surface area contributed by atoms with Gasteiger partial charge in [-0.05, 0) is 96.7 Å². The molecule has 2 heterocycles. The zero-order chi connectivity index (χ0) is 50.5. The summed E-state index contributed by atoms with van der Waals surface area (Å²) in [6, 6.07) is 24.7. The lowest BCUT2D eigenvalue weighted by atomic mass is 9.55. The number of hydrogen-bond donors (Lipinski definition) is 3. The number of anilines is 1. The van der Waals surface area contributed by atoms with Gasteiger partial charge in [-0.1, -0.05) is 66.5 Å². The lowest BCUT2D eigenvalue weighted by Crippen LogP contribution is -2.70. The number of allylic oxidation sites excluding steroid dienone is 1. The molecule has 2 aliphatic carbocycles. The van der Waals surface area contributed by atoms with Gasteiger partial charge in [0.25, 0.3) is 0 Å². The van der Waals surface area contributed by atoms with E-state index in [2.05, 4.69) is 18.0 Å². The number of hydrogen-bond acceptors (Lipinski definition) is 15. The second-order valence-corrected chi connectivity index (χ2v) is 18.0. The summed E-state index contributed by atoms with van der Waals surface area (Å²) < 4.78 is 54.8. The molecule has 72 heavy (non-hydrogen) atoms. The molecular formula is C55H65N3O14. The molecule has 1 saturated carbocycles. The van der Waals surface area contributed by atoms with Gasteiger partial charge in [0.05, 0.1) is 51.4 Å². The second-order valence-electron chi connectivity index (χ2n) is 18.0. The largest absolute Gasteiger partial charge is 0.497 e. The predicted molar refractivity (Wildman–Crippen MR) is 267 cm³/mol. The number of fused-ring (bicyclic) bond motifs is 3. The molecule has 0 saturated heterocycles. The molecule has 6 atom stereocenters. The van der Waals surface area contributed by atoms with Gasteiger partial charge in [-0.25, -0.2) is 9.59 Å². The van der Waals surface area contributed by atoms with Crippen LogP contribution < -0.4 is 33.7 Å². The van der Waals surface area contributed by atoms with Gasteiger partial charge < -0.3 is 57.7 Å². The Morgan fingerprint density at radius 2 is 1.64 bits per heavy atom. The van der Waals surface area contributed by atoms with Gasteiger partial charge in [-0.2, -0.15) is 0 Å². The first-order chi connectivity index (χ1) is 35.2. The van der Waals surface area contributed by atoms with Crippen molar-refractivity contribution in [2.75, 3.05) is 66.5 Å². The van der Waals surface area contributed by atoms with E-state index in [1.165, 1.54) is 14.2 Å². The summed E-state index contributed by atoms with van der Waals surface area (Å²) in [5.41, 5.74) is 4.29. The van der Waals surface area contributed by atoms with Crippen LogP contribution in [0.3, 0.4) is 0 Å². The monoisotopic (exact) mass is 991 g/mol. The van der Waals surface area contributed by atoms with Gasteiger partial charge in [0.15, 0.2) is 11.5 Å². The van der Waals surface area contributed by atoms with E-state index in [9.17, 15) is 15.0 Å². The van der Waals surface area contributed by atoms with Gasteiger partial charge in [0, 0.05) is 43.7 Å². The quantitative estimate of drug-likeness (QED) is 0.0342. The van der Waals surface area contributed by atoms with Crippen LogP contribution in [0.5, 0.6) is 34.5 Å². The van der Waals surface area contributed by atoms with Crippen LogP contribution in [0.25, 0.3) is 0 Å². The fourth-order valence-electron chi connectivity index (χ4n) is 10.5. The van der Waals surface area contributed by atoms with Crippen molar-refractivity contribution in [3.8, 4) is 34.5 Å². The van der Waals surface area contributed by atoms with E-state index < -0.39 is 35.9 Å². The summed E-state index contributed by atoms with van der Waals surface area (Å²) in [7, 11) is 4.53. The van der Waals surface area contributed by atoms with Gasteiger partial charge in [0.2, 0.25) is 12.6 Å². The number of aliphatic hydroxyl groups is 2. The summed E-state index contributed by atoms with van der Waals surface area (Å²) >= 11 is 0. The van der Waals surface area contributed by atoms with E-state index in [1.807, 2.05) is 54.6 Å². The Hall–Kier alpha value is -6.79. The fraction of sp³-hybridized carbons (Fsp3) is 0.436. The van der Waals surface area contributed by atoms with E-state index in [-0.39, 0.29) is 70.4 Å². The minimum atomic E-state index is -1.60. The topological polar surface area (TPSA) is 195 Å². The van der Waals surface area contributed by atoms with Crippen LogP contribution in [-0.4, -0.2) is 106 Å². The number of unbranched alkanes of at least 4 members (excludes halogenated alkanes) is 2. The number of carbonyl (C=O) groups is 2. The molecule has 0 unspecified atom stereocenters. The van der Waals surface area contributed by atoms with Crippen molar-refractivity contribution in [3.05, 3.63) is 126 Å². The molecule has 4 aromatic rings. The number of amides is 2. The highest BCUT2D eigenvalue weighted by atomic mass is 16.7. The van der Waals surface area contributed by atoms with Crippen molar-refractivity contribution in [3.63, 3.8) is 0 Å². The molecule has 3 N–H and O–H groups in total. The van der Waals surface area contributed by atoms with Crippen LogP contribution in [-0.2, 0) is 32.2 Å². The average Bonchev–Trinajstić information content (AvgIpc) is 3.87. The molecule has 8 rings (SSSR count). The molecule has 1 fully saturated rings. The Morgan fingerprint density at radius 3 is 2.40 bits per heavy atom. The number of rotatable bonds is 24. The van der Waals surface area contributed by atoms with Gasteiger partial charge in [0.1, 0.15) is 42.8 Å². The van der Waals surface area contributed by atoms with Crippen LogP contribution in [0, 0.1) is 17.8 Å². The van der Waals surface area contributed by atoms with Crippen molar-refractivity contribution in [1.82, 2.24) is 4.90 Å². The highest BCUT2D eigenvalue weighted by Gasteiger charge is 2.65. The molecule has 4 aromatic carbocycles. The van der Waals surface area contributed by atoms with Gasteiger partial charge >= 0.3 is 12.2 Å². The molecule has 17 heteroatoms. The fourth-order valence-corrected chi connectivity index (χ4v) is 10.5. The maximum Gasteiger partial charge on any atom is 0.417 e. The molecule has 384 valence electrons. The zero-order valence-corrected chi connectivity index (χ0v) is 41.1. The number of methoxy groups -OCH3 is 2. The number of oxime groups is 1. The van der Waals surface area contributed by atoms with Crippen molar-refractivity contribution in [2.24, 2.45) is 22.9 Å². The molecular weight excluding hydrogens is 927 g/mol. The van der Waals surface area contributed by atoms with Gasteiger partial charge in [-0.3, -0.25) is 10.2 Å². The summed E-state index contributed by atoms with van der Waals surface area (Å²) in [4.78, 5) is 35.9. The van der Waals surface area contributed by atoms with Crippen molar-refractivity contribution in [2.45, 2.75) is 75.8 Å². The first-order valence-electron chi connectivity index (χ1n) is 24.5. The zero-order valence-electron chi connectivity index (χ0n) is 41.1. The number of nitrogens with one attached hydrogen (secondary N) is 1. The highest BCUT2D eigenvalue weighted by molar-refractivity contribution is 6.03. The number of aliphatic hydroxyl groups excluding tert-OH is 2. The number of carbonyl (C=O) groups excluding carboxylic acids is 2. The van der Waals surface area contributed by atoms with Crippen LogP contribution >= 0.6 is 0 Å². The van der Waals surface area contributed by atoms with Crippen LogP contribution in [0.2, 0.25) is 0 Å². The molecule has 0 bridgehead atoms. The summed E-state index contributed by atoms with van der Waals surface area (Å²) in [6.07, 6.45) is 6.74. The molecule has 4 aliphatic rings. The van der Waals surface area contributed by atoms with E-state index in [4.69, 9.17) is 52.6 Å². The Kier molecular flexibility index (Phi) is 17.6. The number of benzene rings is 4. The third-order valence-corrected chi connectivity index (χ3v) is 13.7. The Balaban J connectivity index is 1.23. The smallest absolute Gasteiger partial charge is 0.417 e. The molecule has 17 nitrogen and oxygen atoms in total. The maximum absolute atomic E-state index is 15.0. The summed E-state index contributed by atoms with van der Waals surface area (Å²) in [5, 5.41) is 27.5. The molecule has 2 aliphatic heterocycles. The minimum absolute atomic E-state index is 0.0240. The van der Waals surface area contributed by atoms with E-state index in [0.29, 0.717) is 72.4 Å². The Morgan fingerprint density at radius 1 is 0.861 bits per heavy atom. The highest BCUT2D eigenvalue weighted by Crippen LogP contribution is 2.62. The lowest BCUT2D eigenvalue weighted by Gasteiger charge is -2.59. The summed E-state index contributed by atoms with van der Waals surface area (Å²) in [6.45, 7) is 4.72. The molecule has 2 amide bonds. The number of ether oxygens (including phenoxy) is 9. The lowest BCUT2D eigenvalue weighted by molar-refractivity contribution is -0.256. The minimum Gasteiger partial charge on any atom is -0.497 e. The van der Waals surface area contributed by atoms with Crippen LogP contribution in [0.15, 0.2) is 114 Å². The second kappa shape index (κ2) is 24.6. The van der Waals surface area contributed by atoms with Crippen LogP contribution in [0.4, 0.5) is 15.3 Å². The number of nitrogens with zero attached hydrogens (tertiary/aromatic N) is 2. The Labute approximate surface area is 420 Å². The van der Waals surface area contributed by atoms with Gasteiger partial charge in [-0.15, -0.1) is 6.58 Å². The Bertz CT molecular complexity index is 2550. The molecule has 0 spiro atoms. The van der Waals surface area contributed by atoms with Crippen LogP contribution in [0.1, 0.15) is 67.6 Å². The normalized spacial score (nSPS) is 21.8. The van der Waals surface area contributed by atoms with E-state index in [1.54, 1.807) is 48.4 Å².